The van der Waals surface area contributed by atoms with Crippen molar-refractivity contribution >= 4 is 85.9 Å². The lowest BCUT2D eigenvalue weighted by Gasteiger charge is -2.31. The van der Waals surface area contributed by atoms with Crippen molar-refractivity contribution < 1.29 is 50.6 Å². The van der Waals surface area contributed by atoms with Gasteiger partial charge < -0.3 is 62.9 Å². The van der Waals surface area contributed by atoms with Crippen molar-refractivity contribution in [2.24, 2.45) is 5.73 Å². The molecule has 11 N–H and O–H groups in total. The summed E-state index contributed by atoms with van der Waals surface area (Å²) in [5.41, 5.74) is 28.2. The number of likely N-dealkylation sites (N-methyl/N-ethyl adjacent to an activating group) is 2. The zero-order chi connectivity index (χ0) is 71.8. The number of amides is 1. The fraction of sp³-hybridized carbons (Fsp3) is 0.431. The van der Waals surface area contributed by atoms with Crippen LogP contribution in [0.15, 0.2) is 155 Å². The Morgan fingerprint density at radius 2 is 1.03 bits per heavy atom. The molecular formula is C65H94BrClN14O14S2. The molecule has 28 nitrogen and oxygen atoms in total. The van der Waals surface area contributed by atoms with Gasteiger partial charge >= 0.3 is 6.09 Å². The molecule has 0 atom stereocenters. The second-order valence-electron chi connectivity index (χ2n) is 23.0. The Balaban J connectivity index is 0.000000293. The number of sulfonamides is 1. The quantitative estimate of drug-likeness (QED) is 0.0179. The number of nitro benzene ring substituents is 3. The number of non-ortho nitro benzene ring substituents is 3. The molecule has 4 heterocycles. The van der Waals surface area contributed by atoms with E-state index in [0.29, 0.717) is 31.9 Å². The standard InChI is InChI=1S/C13H20N2O2.C11H17N3O2S.C11H16N2O.C8H10N2O2.C7H6BrNO2.C6H4ClNO4S.C5H12N2.C4H9NO/c1-13(2,3)17-12(16)15-9-8-10-4-6-11(14)7-5-10;1-13-5-7-14(8-6-13)17(15,16)11-4-2-3-10(12)9-11;12-11-3-1-10(2-4-11)9-13-5-7-14-8-6-13;9-6-5-7-1-3-8(4-2-7)10(11)12;8-5-6-1-3-7(4-2-6)9(10)11;7-13(11,12)6-3-1-2-5(4-6)8(9)10;1-7-4-2-6-3-5-7;1-3-6-4-2-5-1/h4-7H,8-9,14H2,1-3H3,(H,15,16);2-4,9H,5-8,12H2,1H3;1-4H,5-9,12H2;1-4H,5-6,9H2;1-4H,5H2;1-4H;6H,2-5H2,1H3;5H,1-4H2. The van der Waals surface area contributed by atoms with E-state index >= 15 is 0 Å². The van der Waals surface area contributed by atoms with Crippen molar-refractivity contribution in [3.8, 4) is 0 Å². The molecular weight excluding hydrogens is 1380 g/mol. The number of rotatable bonds is 14. The number of anilines is 3. The molecule has 1 amide bonds. The molecule has 4 aliphatic rings. The minimum atomic E-state index is -3.89. The van der Waals surface area contributed by atoms with E-state index in [1.165, 1.54) is 71.5 Å². The topological polar surface area (TPSA) is 396 Å². The number of carbonyl (C=O) groups is 1. The Kier molecular flexibility index (Phi) is 39.0. The van der Waals surface area contributed by atoms with Gasteiger partial charge in [0.1, 0.15) is 5.60 Å². The Bertz CT molecular complexity index is 3480. The van der Waals surface area contributed by atoms with E-state index < -0.39 is 39.4 Å². The van der Waals surface area contributed by atoms with Crippen molar-refractivity contribution in [2.75, 3.05) is 149 Å². The van der Waals surface area contributed by atoms with Crippen LogP contribution < -0.4 is 38.9 Å². The maximum Gasteiger partial charge on any atom is 0.407 e. The number of nitro groups is 3. The van der Waals surface area contributed by atoms with Crippen LogP contribution in [-0.4, -0.2) is 194 Å². The second-order valence-corrected chi connectivity index (χ2v) is 28.0. The zero-order valence-corrected chi connectivity index (χ0v) is 59.6. The summed E-state index contributed by atoms with van der Waals surface area (Å²) in [5.74, 6) is 0. The third-order valence-electron chi connectivity index (χ3n) is 13.9. The number of alkyl carbamates (subject to hydrolysis) is 1. The normalized spacial score (nSPS) is 15.1. The van der Waals surface area contributed by atoms with E-state index in [4.69, 9.17) is 47.8 Å². The van der Waals surface area contributed by atoms with Gasteiger partial charge in [0.05, 0.1) is 51.0 Å². The molecule has 97 heavy (non-hydrogen) atoms. The van der Waals surface area contributed by atoms with Gasteiger partial charge in [0.2, 0.25) is 10.0 Å². The number of benzene rings is 6. The largest absolute Gasteiger partial charge is 0.444 e. The predicted octanol–water partition coefficient (Wildman–Crippen LogP) is 7.88. The van der Waals surface area contributed by atoms with E-state index in [1.54, 1.807) is 42.5 Å². The summed E-state index contributed by atoms with van der Waals surface area (Å²) >= 11 is 3.25. The molecule has 0 aliphatic carbocycles. The molecule has 4 fully saturated rings. The van der Waals surface area contributed by atoms with Crippen LogP contribution in [0.5, 0.6) is 0 Å². The SMILES string of the molecule is C1COCCN1.CC(C)(C)OC(=O)NCCc1ccc(N)cc1.CN1CCN(S(=O)(=O)c2cccc(N)c2)CC1.CN1CCNCC1.NCCc1ccc([N+](=O)[O-])cc1.Nc1ccc(CN2CCOCC2)cc1.O=[N+]([O-])c1ccc(CBr)cc1.O=[N+]([O-])c1cccc(S(=O)(=O)Cl)c1. The lowest BCUT2D eigenvalue weighted by molar-refractivity contribution is -0.385. The lowest BCUT2D eigenvalue weighted by atomic mass is 10.1. The van der Waals surface area contributed by atoms with Gasteiger partial charge in [-0.05, 0) is 125 Å². The van der Waals surface area contributed by atoms with Crippen molar-refractivity contribution in [2.45, 2.75) is 60.9 Å². The molecule has 0 aromatic heterocycles. The van der Waals surface area contributed by atoms with E-state index in [-0.39, 0.29) is 32.9 Å². The van der Waals surface area contributed by atoms with Gasteiger partial charge in [-0.3, -0.25) is 35.2 Å². The number of piperazine rings is 2. The molecule has 0 bridgehead atoms. The van der Waals surface area contributed by atoms with Crippen molar-refractivity contribution in [1.29, 1.82) is 0 Å². The highest BCUT2D eigenvalue weighted by Gasteiger charge is 2.27. The Labute approximate surface area is 582 Å². The highest BCUT2D eigenvalue weighted by molar-refractivity contribution is 9.08. The van der Waals surface area contributed by atoms with E-state index in [0.717, 1.165) is 138 Å². The molecule has 32 heteroatoms. The summed E-state index contributed by atoms with van der Waals surface area (Å²) in [6.45, 7) is 22.6. The predicted molar refractivity (Wildman–Crippen MR) is 385 cm³/mol. The van der Waals surface area contributed by atoms with Gasteiger partial charge in [-0.25, -0.2) is 21.6 Å². The lowest BCUT2D eigenvalue weighted by Crippen LogP contribution is -2.47. The summed E-state index contributed by atoms with van der Waals surface area (Å²) in [5, 5.41) is 40.6. The molecule has 0 unspecified atom stereocenters. The average Bonchev–Trinajstić information content (AvgIpc) is 0.812. The number of nitrogens with zero attached hydrogens (tertiary/aromatic N) is 7. The number of hydrogen-bond acceptors (Lipinski definition) is 23. The van der Waals surface area contributed by atoms with E-state index in [1.807, 2.05) is 64.2 Å². The van der Waals surface area contributed by atoms with Crippen LogP contribution in [0.4, 0.5) is 38.9 Å². The Morgan fingerprint density at radius 3 is 1.46 bits per heavy atom. The van der Waals surface area contributed by atoms with Gasteiger partial charge in [-0.2, -0.15) is 4.31 Å². The van der Waals surface area contributed by atoms with Crippen LogP contribution in [-0.2, 0) is 58.0 Å². The molecule has 4 aliphatic heterocycles. The van der Waals surface area contributed by atoms with Gasteiger partial charge in [-0.15, -0.1) is 0 Å². The first-order chi connectivity index (χ1) is 46.0. The summed E-state index contributed by atoms with van der Waals surface area (Å²) in [4.78, 5) is 47.4. The first kappa shape index (κ1) is 83.7. The van der Waals surface area contributed by atoms with Gasteiger partial charge in [-0.1, -0.05) is 76.6 Å². The minimum Gasteiger partial charge on any atom is -0.444 e. The second kappa shape index (κ2) is 45.2. The Morgan fingerprint density at radius 1 is 0.577 bits per heavy atom. The third-order valence-corrected chi connectivity index (χ3v) is 17.8. The van der Waals surface area contributed by atoms with Crippen LogP contribution in [0.25, 0.3) is 0 Å². The monoisotopic (exact) mass is 1470 g/mol. The van der Waals surface area contributed by atoms with E-state index in [2.05, 4.69) is 65.8 Å². The number of carbonyl (C=O) groups excluding carboxylic acids is 1. The molecule has 6 aromatic carbocycles. The molecule has 0 saturated carbocycles. The maximum absolute atomic E-state index is 12.3. The van der Waals surface area contributed by atoms with Crippen molar-refractivity contribution in [3.05, 3.63) is 198 Å². The number of nitrogens with two attached hydrogens (primary N) is 4. The average molecular weight is 1480 g/mol. The summed E-state index contributed by atoms with van der Waals surface area (Å²) in [7, 11) is 1.86. The number of nitrogen functional groups attached to an aromatic ring is 3. The van der Waals surface area contributed by atoms with Gasteiger partial charge in [0.25, 0.3) is 26.1 Å². The van der Waals surface area contributed by atoms with Crippen LogP contribution in [0.3, 0.4) is 0 Å². The third kappa shape index (κ3) is 36.6. The summed E-state index contributed by atoms with van der Waals surface area (Å²) < 4.78 is 63.0. The summed E-state index contributed by atoms with van der Waals surface area (Å²) in [6, 6.07) is 39.6. The number of ether oxygens (including phenoxy) is 3. The number of morpholine rings is 2. The van der Waals surface area contributed by atoms with E-state index in [9.17, 15) is 52.0 Å². The molecule has 4 saturated heterocycles. The van der Waals surface area contributed by atoms with Gasteiger partial charge in [0.15, 0.2) is 0 Å². The Hall–Kier alpha value is -7.50. The van der Waals surface area contributed by atoms with Crippen LogP contribution in [0, 0.1) is 30.3 Å². The smallest absolute Gasteiger partial charge is 0.407 e. The van der Waals surface area contributed by atoms with Crippen LogP contribution in [0.1, 0.15) is 43.0 Å². The number of hydrogen-bond donors (Lipinski definition) is 7. The highest BCUT2D eigenvalue weighted by atomic mass is 79.9. The maximum atomic E-state index is 12.3. The number of halogens is 2. The summed E-state index contributed by atoms with van der Waals surface area (Å²) in [6.07, 6.45) is 1.14. The minimum absolute atomic E-state index is 0.121. The first-order valence-electron chi connectivity index (χ1n) is 31.1. The fourth-order valence-corrected chi connectivity index (χ4v) is 11.1. The van der Waals surface area contributed by atoms with Gasteiger partial charge in [0, 0.05) is 161 Å². The van der Waals surface area contributed by atoms with Crippen molar-refractivity contribution in [3.63, 3.8) is 0 Å². The molecule has 10 rings (SSSR count). The molecule has 0 spiro atoms. The molecule has 6 aromatic rings. The first-order valence-corrected chi connectivity index (χ1v) is 36.0. The zero-order valence-electron chi connectivity index (χ0n) is 55.6. The number of nitrogens with one attached hydrogen (secondary N) is 3. The number of alkyl halides is 1. The fourth-order valence-electron chi connectivity index (χ4n) is 8.50. The van der Waals surface area contributed by atoms with Crippen LogP contribution in [0.2, 0.25) is 0 Å². The van der Waals surface area contributed by atoms with Crippen LogP contribution >= 0.6 is 26.6 Å². The highest BCUT2D eigenvalue weighted by Crippen LogP contribution is 2.22. The molecule has 534 valence electrons. The molecule has 0 radical (unpaired) electrons. The van der Waals surface area contributed by atoms with Crippen molar-refractivity contribution in [1.82, 2.24) is 35.0 Å².